The molecular formula is C16H15F2N5O2. The summed E-state index contributed by atoms with van der Waals surface area (Å²) in [6.45, 7) is 4.05. The van der Waals surface area contributed by atoms with Crippen molar-refractivity contribution in [2.45, 2.75) is 26.1 Å². The SMILES string of the molecule is CNc1nc(-c2cccc3c2OC(F)(F)O3)nc2c(C(C)C)cnn12. The molecule has 3 aromatic rings. The molecule has 1 N–H and O–H groups in total. The Morgan fingerprint density at radius 3 is 2.72 bits per heavy atom. The van der Waals surface area contributed by atoms with E-state index in [1.165, 1.54) is 6.07 Å². The lowest BCUT2D eigenvalue weighted by Gasteiger charge is -2.10. The van der Waals surface area contributed by atoms with Gasteiger partial charge in [-0.15, -0.1) is 8.78 Å². The van der Waals surface area contributed by atoms with Crippen LogP contribution < -0.4 is 14.8 Å². The van der Waals surface area contributed by atoms with E-state index in [2.05, 4.69) is 29.9 Å². The van der Waals surface area contributed by atoms with Crippen LogP contribution in [-0.2, 0) is 0 Å². The van der Waals surface area contributed by atoms with Crippen LogP contribution in [0.1, 0.15) is 25.3 Å². The van der Waals surface area contributed by atoms with Crippen LogP contribution in [0.15, 0.2) is 24.4 Å². The number of anilines is 1. The molecule has 0 saturated heterocycles. The van der Waals surface area contributed by atoms with E-state index in [1.807, 2.05) is 13.8 Å². The van der Waals surface area contributed by atoms with Gasteiger partial charge in [-0.1, -0.05) is 19.9 Å². The average molecular weight is 347 g/mol. The van der Waals surface area contributed by atoms with Gasteiger partial charge in [-0.3, -0.25) is 0 Å². The first-order chi connectivity index (χ1) is 11.9. The maximum absolute atomic E-state index is 13.4. The third-order valence-corrected chi connectivity index (χ3v) is 3.91. The summed E-state index contributed by atoms with van der Waals surface area (Å²) in [6, 6.07) is 4.61. The third kappa shape index (κ3) is 2.43. The first-order valence-electron chi connectivity index (χ1n) is 7.72. The Morgan fingerprint density at radius 2 is 2.00 bits per heavy atom. The monoisotopic (exact) mass is 347 g/mol. The Balaban J connectivity index is 1.94. The van der Waals surface area contributed by atoms with Gasteiger partial charge in [0.1, 0.15) is 0 Å². The molecule has 0 radical (unpaired) electrons. The van der Waals surface area contributed by atoms with Gasteiger partial charge in [0, 0.05) is 12.6 Å². The maximum Gasteiger partial charge on any atom is 0.586 e. The number of nitrogens with one attached hydrogen (secondary N) is 1. The van der Waals surface area contributed by atoms with Crippen molar-refractivity contribution in [3.63, 3.8) is 0 Å². The van der Waals surface area contributed by atoms with Gasteiger partial charge in [-0.25, -0.2) is 4.98 Å². The molecule has 0 aliphatic carbocycles. The van der Waals surface area contributed by atoms with Gasteiger partial charge < -0.3 is 14.8 Å². The second-order valence-electron chi connectivity index (χ2n) is 5.91. The first kappa shape index (κ1) is 15.6. The highest BCUT2D eigenvalue weighted by Gasteiger charge is 2.45. The highest BCUT2D eigenvalue weighted by molar-refractivity contribution is 5.72. The van der Waals surface area contributed by atoms with Gasteiger partial charge in [-0.2, -0.15) is 14.6 Å². The van der Waals surface area contributed by atoms with Crippen molar-refractivity contribution in [1.82, 2.24) is 19.6 Å². The van der Waals surface area contributed by atoms with E-state index >= 15 is 0 Å². The summed E-state index contributed by atoms with van der Waals surface area (Å²) in [5, 5.41) is 7.24. The number of rotatable bonds is 3. The number of alkyl halides is 2. The predicted octanol–water partition coefficient (Wildman–Crippen LogP) is 3.28. The van der Waals surface area contributed by atoms with E-state index in [0.29, 0.717) is 17.2 Å². The summed E-state index contributed by atoms with van der Waals surface area (Å²) in [5.41, 5.74) is 1.85. The molecular weight excluding hydrogens is 332 g/mol. The normalized spacial score (nSPS) is 15.1. The average Bonchev–Trinajstić information content (AvgIpc) is 3.12. The number of ether oxygens (including phenoxy) is 2. The summed E-state index contributed by atoms with van der Waals surface area (Å²) in [4.78, 5) is 8.91. The molecule has 0 spiro atoms. The summed E-state index contributed by atoms with van der Waals surface area (Å²) in [5.74, 6) is 0.752. The molecule has 1 aliphatic rings. The van der Waals surface area contributed by atoms with Crippen molar-refractivity contribution in [3.05, 3.63) is 30.0 Å². The predicted molar refractivity (Wildman–Crippen MR) is 86.1 cm³/mol. The summed E-state index contributed by atoms with van der Waals surface area (Å²) < 4.78 is 37.6. The number of nitrogens with zero attached hydrogens (tertiary/aromatic N) is 4. The molecule has 2 aromatic heterocycles. The second-order valence-corrected chi connectivity index (χ2v) is 5.91. The lowest BCUT2D eigenvalue weighted by Crippen LogP contribution is -2.26. The van der Waals surface area contributed by atoms with Crippen LogP contribution in [0.2, 0.25) is 0 Å². The number of para-hydroxylation sites is 1. The van der Waals surface area contributed by atoms with Crippen LogP contribution in [0.5, 0.6) is 11.5 Å². The lowest BCUT2D eigenvalue weighted by molar-refractivity contribution is -0.286. The molecule has 0 saturated carbocycles. The number of hydrogen-bond acceptors (Lipinski definition) is 6. The van der Waals surface area contributed by atoms with E-state index in [0.717, 1.165) is 5.56 Å². The smallest absolute Gasteiger partial charge is 0.395 e. The Labute approximate surface area is 141 Å². The highest BCUT2D eigenvalue weighted by atomic mass is 19.3. The molecule has 1 aromatic carbocycles. The zero-order chi connectivity index (χ0) is 17.8. The van der Waals surface area contributed by atoms with Crippen molar-refractivity contribution in [2.24, 2.45) is 0 Å². The minimum atomic E-state index is -3.70. The molecule has 1 aliphatic heterocycles. The molecule has 0 unspecified atom stereocenters. The van der Waals surface area contributed by atoms with Gasteiger partial charge in [0.15, 0.2) is 23.0 Å². The first-order valence-corrected chi connectivity index (χ1v) is 7.72. The highest BCUT2D eigenvalue weighted by Crippen LogP contribution is 2.46. The number of fused-ring (bicyclic) bond motifs is 2. The van der Waals surface area contributed by atoms with Crippen LogP contribution >= 0.6 is 0 Å². The summed E-state index contributed by atoms with van der Waals surface area (Å²) >= 11 is 0. The zero-order valence-corrected chi connectivity index (χ0v) is 13.7. The lowest BCUT2D eigenvalue weighted by atomic mass is 10.1. The minimum absolute atomic E-state index is 0.0467. The molecule has 9 heteroatoms. The standard InChI is InChI=1S/C16H15F2N5O2/c1-8(2)10-7-20-23-14(10)21-13(22-15(23)19-3)9-5-4-6-11-12(9)25-16(17,18)24-11/h4-8H,1-3H3,(H,19,21,22). The van der Waals surface area contributed by atoms with E-state index in [1.54, 1.807) is 29.9 Å². The Kier molecular flexibility index (Phi) is 3.28. The number of benzene rings is 1. The molecule has 25 heavy (non-hydrogen) atoms. The van der Waals surface area contributed by atoms with Gasteiger partial charge >= 0.3 is 6.29 Å². The van der Waals surface area contributed by atoms with Crippen molar-refractivity contribution >= 4 is 11.6 Å². The number of aromatic nitrogens is 4. The fourth-order valence-corrected chi connectivity index (χ4v) is 2.73. The van der Waals surface area contributed by atoms with Crippen LogP contribution in [0.3, 0.4) is 0 Å². The van der Waals surface area contributed by atoms with Crippen LogP contribution in [0.25, 0.3) is 17.0 Å². The van der Waals surface area contributed by atoms with Crippen molar-refractivity contribution in [3.8, 4) is 22.9 Å². The minimum Gasteiger partial charge on any atom is -0.395 e. The summed E-state index contributed by atoms with van der Waals surface area (Å²) in [7, 11) is 1.70. The molecule has 0 bridgehead atoms. The summed E-state index contributed by atoms with van der Waals surface area (Å²) in [6.07, 6.45) is -1.98. The van der Waals surface area contributed by atoms with E-state index in [9.17, 15) is 8.78 Å². The van der Waals surface area contributed by atoms with Crippen LogP contribution in [-0.4, -0.2) is 32.9 Å². The molecule has 4 rings (SSSR count). The number of hydrogen-bond donors (Lipinski definition) is 1. The maximum atomic E-state index is 13.4. The van der Waals surface area contributed by atoms with E-state index < -0.39 is 6.29 Å². The fourth-order valence-electron chi connectivity index (χ4n) is 2.73. The third-order valence-electron chi connectivity index (χ3n) is 3.91. The van der Waals surface area contributed by atoms with Crippen molar-refractivity contribution in [2.75, 3.05) is 12.4 Å². The quantitative estimate of drug-likeness (QED) is 0.784. The van der Waals surface area contributed by atoms with E-state index in [4.69, 9.17) is 0 Å². The molecule has 0 fully saturated rings. The Bertz CT molecular complexity index is 971. The van der Waals surface area contributed by atoms with Crippen molar-refractivity contribution in [1.29, 1.82) is 0 Å². The van der Waals surface area contributed by atoms with Crippen LogP contribution in [0, 0.1) is 0 Å². The molecule has 0 amide bonds. The fraction of sp³-hybridized carbons (Fsp3) is 0.312. The van der Waals surface area contributed by atoms with Crippen molar-refractivity contribution < 1.29 is 18.3 Å². The molecule has 0 atom stereocenters. The zero-order valence-electron chi connectivity index (χ0n) is 13.7. The second kappa shape index (κ2) is 5.27. The molecule has 130 valence electrons. The topological polar surface area (TPSA) is 73.6 Å². The molecule has 3 heterocycles. The Morgan fingerprint density at radius 1 is 1.20 bits per heavy atom. The molecule has 7 nitrogen and oxygen atoms in total. The van der Waals surface area contributed by atoms with Gasteiger partial charge in [0.25, 0.3) is 0 Å². The van der Waals surface area contributed by atoms with Gasteiger partial charge in [0.05, 0.1) is 11.8 Å². The van der Waals surface area contributed by atoms with E-state index in [-0.39, 0.29) is 23.2 Å². The van der Waals surface area contributed by atoms with Crippen LogP contribution in [0.4, 0.5) is 14.7 Å². The largest absolute Gasteiger partial charge is 0.586 e. The Hall–Kier alpha value is -2.97. The number of halogens is 2. The van der Waals surface area contributed by atoms with Gasteiger partial charge in [0.2, 0.25) is 5.95 Å². The van der Waals surface area contributed by atoms with Gasteiger partial charge in [-0.05, 0) is 18.1 Å².